The fourth-order valence-corrected chi connectivity index (χ4v) is 2.09. The van der Waals surface area contributed by atoms with E-state index in [9.17, 15) is 9.00 Å². The first-order valence-corrected chi connectivity index (χ1v) is 5.61. The van der Waals surface area contributed by atoms with Crippen LogP contribution in [-0.2, 0) is 15.8 Å². The third-order valence-electron chi connectivity index (χ3n) is 1.49. The van der Waals surface area contributed by atoms with E-state index < -0.39 is 15.7 Å². The second kappa shape index (κ2) is 4.73. The van der Waals surface area contributed by atoms with Crippen LogP contribution in [0.1, 0.15) is 34.6 Å². The minimum Gasteiger partial charge on any atom is -0.274 e. The van der Waals surface area contributed by atoms with Crippen LogP contribution in [0.4, 0.5) is 0 Å². The van der Waals surface area contributed by atoms with E-state index in [4.69, 9.17) is 0 Å². The number of carbonyl (C=O) groups is 1. The standard InChI is InChI=1S/C10H19NO2S/c1-8(2)7-11(9(3)12)14(13)10(4,5)6/h1,7H2,2-6H3/t14-/m1/s1. The van der Waals surface area contributed by atoms with Gasteiger partial charge in [-0.25, -0.2) is 4.21 Å². The molecule has 0 saturated heterocycles. The second-order valence-corrected chi connectivity index (χ2v) is 6.54. The Kier molecular flexibility index (Phi) is 4.52. The minimum absolute atomic E-state index is 0.179. The van der Waals surface area contributed by atoms with Gasteiger partial charge in [-0.15, -0.1) is 0 Å². The average molecular weight is 217 g/mol. The lowest BCUT2D eigenvalue weighted by Gasteiger charge is -2.27. The van der Waals surface area contributed by atoms with E-state index in [1.165, 1.54) is 11.2 Å². The van der Waals surface area contributed by atoms with Crippen LogP contribution in [0.25, 0.3) is 0 Å². The molecular weight excluding hydrogens is 198 g/mol. The zero-order chi connectivity index (χ0) is 11.5. The number of amides is 1. The van der Waals surface area contributed by atoms with Crippen LogP contribution in [0.5, 0.6) is 0 Å². The molecule has 0 spiro atoms. The topological polar surface area (TPSA) is 37.4 Å². The Bertz CT molecular complexity index is 266. The van der Waals surface area contributed by atoms with Gasteiger partial charge < -0.3 is 0 Å². The van der Waals surface area contributed by atoms with E-state index in [0.717, 1.165) is 5.57 Å². The highest BCUT2D eigenvalue weighted by molar-refractivity contribution is 7.84. The Morgan fingerprint density at radius 2 is 1.79 bits per heavy atom. The first kappa shape index (κ1) is 13.4. The Labute approximate surface area is 88.8 Å². The molecule has 0 heterocycles. The van der Waals surface area contributed by atoms with Gasteiger partial charge in [0.25, 0.3) is 0 Å². The van der Waals surface area contributed by atoms with Gasteiger partial charge in [0.2, 0.25) is 5.91 Å². The van der Waals surface area contributed by atoms with Crippen molar-refractivity contribution in [1.29, 1.82) is 0 Å². The molecule has 0 saturated carbocycles. The molecule has 3 nitrogen and oxygen atoms in total. The van der Waals surface area contributed by atoms with Crippen LogP contribution in [0, 0.1) is 0 Å². The second-order valence-electron chi connectivity index (χ2n) is 4.37. The van der Waals surface area contributed by atoms with Gasteiger partial charge in [0.15, 0.2) is 0 Å². The summed E-state index contributed by atoms with van der Waals surface area (Å²) in [6.07, 6.45) is 0. The number of rotatable bonds is 3. The molecule has 0 aromatic rings. The molecule has 0 unspecified atom stereocenters. The molecule has 0 aliphatic heterocycles. The summed E-state index contributed by atoms with van der Waals surface area (Å²) in [5, 5.41) is 0. The Morgan fingerprint density at radius 3 is 2.00 bits per heavy atom. The van der Waals surface area contributed by atoms with Gasteiger partial charge >= 0.3 is 0 Å². The van der Waals surface area contributed by atoms with E-state index in [-0.39, 0.29) is 5.91 Å². The molecule has 0 fully saturated rings. The number of hydrogen-bond acceptors (Lipinski definition) is 2. The molecule has 0 aromatic carbocycles. The van der Waals surface area contributed by atoms with Gasteiger partial charge in [-0.05, 0) is 27.7 Å². The summed E-state index contributed by atoms with van der Waals surface area (Å²) in [5.74, 6) is -0.179. The zero-order valence-corrected chi connectivity index (χ0v) is 10.4. The van der Waals surface area contributed by atoms with Crippen LogP contribution in [0.3, 0.4) is 0 Å². The quantitative estimate of drug-likeness (QED) is 0.677. The third kappa shape index (κ3) is 4.05. The molecule has 0 rings (SSSR count). The highest BCUT2D eigenvalue weighted by Crippen LogP contribution is 2.16. The van der Waals surface area contributed by atoms with Gasteiger partial charge in [0.1, 0.15) is 11.0 Å². The molecule has 1 atom stereocenters. The van der Waals surface area contributed by atoms with Crippen molar-refractivity contribution in [3.8, 4) is 0 Å². The number of hydrogen-bond donors (Lipinski definition) is 0. The fourth-order valence-electron chi connectivity index (χ4n) is 0.862. The maximum atomic E-state index is 11.9. The van der Waals surface area contributed by atoms with E-state index >= 15 is 0 Å². The molecule has 0 radical (unpaired) electrons. The monoisotopic (exact) mass is 217 g/mol. The lowest BCUT2D eigenvalue weighted by molar-refractivity contribution is -0.123. The Morgan fingerprint density at radius 1 is 1.36 bits per heavy atom. The maximum Gasteiger partial charge on any atom is 0.231 e. The van der Waals surface area contributed by atoms with Crippen molar-refractivity contribution < 1.29 is 9.00 Å². The summed E-state index contributed by atoms with van der Waals surface area (Å²) in [7, 11) is -1.30. The van der Waals surface area contributed by atoms with Crippen molar-refractivity contribution in [3.05, 3.63) is 12.2 Å². The maximum absolute atomic E-state index is 11.9. The summed E-state index contributed by atoms with van der Waals surface area (Å²) < 4.78 is 12.9. The molecule has 0 aliphatic carbocycles. The molecule has 0 aromatic heterocycles. The van der Waals surface area contributed by atoms with Crippen molar-refractivity contribution >= 4 is 16.9 Å². The van der Waals surface area contributed by atoms with E-state index in [2.05, 4.69) is 6.58 Å². The molecule has 1 amide bonds. The van der Waals surface area contributed by atoms with E-state index in [1.54, 1.807) is 0 Å². The Balaban J connectivity index is 4.76. The summed E-state index contributed by atoms with van der Waals surface area (Å²) >= 11 is 0. The van der Waals surface area contributed by atoms with Crippen molar-refractivity contribution in [2.45, 2.75) is 39.4 Å². The van der Waals surface area contributed by atoms with Gasteiger partial charge in [-0.2, -0.15) is 0 Å². The first-order valence-electron chi connectivity index (χ1n) is 4.50. The average Bonchev–Trinajstić information content (AvgIpc) is 1.96. The normalized spacial score (nSPS) is 13.5. The highest BCUT2D eigenvalue weighted by Gasteiger charge is 2.27. The molecule has 0 aliphatic rings. The van der Waals surface area contributed by atoms with Gasteiger partial charge in [0.05, 0.1) is 11.3 Å². The molecule has 82 valence electrons. The molecule has 0 N–H and O–H groups in total. The van der Waals surface area contributed by atoms with Crippen molar-refractivity contribution in [2.75, 3.05) is 6.54 Å². The molecule has 4 heteroatoms. The predicted octanol–water partition coefficient (Wildman–Crippen LogP) is 1.87. The molecule has 0 bridgehead atoms. The van der Waals surface area contributed by atoms with Gasteiger partial charge in [-0.1, -0.05) is 12.2 Å². The van der Waals surface area contributed by atoms with Crippen molar-refractivity contribution in [1.82, 2.24) is 4.31 Å². The summed E-state index contributed by atoms with van der Waals surface area (Å²) in [5.41, 5.74) is 0.831. The minimum atomic E-state index is -1.30. The lowest BCUT2D eigenvalue weighted by atomic mass is 10.3. The van der Waals surface area contributed by atoms with E-state index in [0.29, 0.717) is 6.54 Å². The van der Waals surface area contributed by atoms with E-state index in [1.807, 2.05) is 27.7 Å². The number of carbonyl (C=O) groups excluding carboxylic acids is 1. The summed E-state index contributed by atoms with van der Waals surface area (Å²) in [4.78, 5) is 11.3. The Hall–Kier alpha value is -0.640. The van der Waals surface area contributed by atoms with Crippen LogP contribution >= 0.6 is 0 Å². The SMILES string of the molecule is C=C(C)CN(C(C)=O)[S@](=O)C(C)(C)C. The van der Waals surface area contributed by atoms with Crippen molar-refractivity contribution in [2.24, 2.45) is 0 Å². The third-order valence-corrected chi connectivity index (χ3v) is 3.32. The molecule has 14 heavy (non-hydrogen) atoms. The zero-order valence-electron chi connectivity index (χ0n) is 9.59. The largest absolute Gasteiger partial charge is 0.274 e. The number of nitrogens with zero attached hydrogens (tertiary/aromatic N) is 1. The summed E-state index contributed by atoms with van der Waals surface area (Å²) in [6.45, 7) is 12.8. The lowest BCUT2D eigenvalue weighted by Crippen LogP contribution is -2.41. The highest BCUT2D eigenvalue weighted by atomic mass is 32.2. The predicted molar refractivity (Wildman–Crippen MR) is 60.1 cm³/mol. The first-order chi connectivity index (χ1) is 6.16. The smallest absolute Gasteiger partial charge is 0.231 e. The van der Waals surface area contributed by atoms with Crippen LogP contribution in [0.2, 0.25) is 0 Å². The van der Waals surface area contributed by atoms with Crippen LogP contribution < -0.4 is 0 Å². The van der Waals surface area contributed by atoms with Gasteiger partial charge in [-0.3, -0.25) is 9.10 Å². The summed E-state index contributed by atoms with van der Waals surface area (Å²) in [6, 6.07) is 0. The van der Waals surface area contributed by atoms with Crippen LogP contribution in [0.15, 0.2) is 12.2 Å². The molecular formula is C10H19NO2S. The van der Waals surface area contributed by atoms with Gasteiger partial charge in [0, 0.05) is 6.92 Å². The van der Waals surface area contributed by atoms with Crippen molar-refractivity contribution in [3.63, 3.8) is 0 Å². The fraction of sp³-hybridized carbons (Fsp3) is 0.700. The van der Waals surface area contributed by atoms with Crippen LogP contribution in [-0.4, -0.2) is 25.7 Å².